The summed E-state index contributed by atoms with van der Waals surface area (Å²) in [6.45, 7) is 12.0. The van der Waals surface area contributed by atoms with E-state index in [1.54, 1.807) is 12.1 Å². The minimum Gasteiger partial charge on any atom is -0.316 e. The monoisotopic (exact) mass is 283 g/mol. The maximum atomic E-state index is 13.8. The molecule has 1 aromatic rings. The molecule has 0 saturated heterocycles. The summed E-state index contributed by atoms with van der Waals surface area (Å²) in [6, 6.07) is 4.84. The topological polar surface area (TPSA) is 12.0 Å². The molecule has 0 heterocycles. The standard InChI is InChI=1S/C16H23ClFN/c1-5-16(4,11-19-10-12(2)3)9-13-6-7-14(17)8-15(13)18/h5-8,12,19H,1,9-11H2,2-4H3. The van der Waals surface area contributed by atoms with Crippen LogP contribution in [-0.4, -0.2) is 13.1 Å². The van der Waals surface area contributed by atoms with Crippen molar-refractivity contribution in [3.05, 3.63) is 47.3 Å². The van der Waals surface area contributed by atoms with Crippen LogP contribution in [-0.2, 0) is 6.42 Å². The van der Waals surface area contributed by atoms with E-state index in [2.05, 4.69) is 32.7 Å². The first kappa shape index (κ1) is 16.2. The Kier molecular flexibility index (Phi) is 6.02. The number of halogens is 2. The highest BCUT2D eigenvalue weighted by molar-refractivity contribution is 6.30. The van der Waals surface area contributed by atoms with Crippen molar-refractivity contribution in [3.63, 3.8) is 0 Å². The number of rotatable bonds is 7. The Morgan fingerprint density at radius 2 is 2.16 bits per heavy atom. The second-order valence-electron chi connectivity index (χ2n) is 5.80. The molecule has 3 heteroatoms. The molecule has 1 nitrogen and oxygen atoms in total. The average molecular weight is 284 g/mol. The largest absolute Gasteiger partial charge is 0.316 e. The maximum absolute atomic E-state index is 13.8. The summed E-state index contributed by atoms with van der Waals surface area (Å²) in [5.41, 5.74) is 0.516. The van der Waals surface area contributed by atoms with Crippen molar-refractivity contribution in [1.29, 1.82) is 0 Å². The van der Waals surface area contributed by atoms with E-state index in [1.165, 1.54) is 6.07 Å². The van der Waals surface area contributed by atoms with E-state index in [-0.39, 0.29) is 11.2 Å². The van der Waals surface area contributed by atoms with Gasteiger partial charge in [-0.1, -0.05) is 44.5 Å². The zero-order chi connectivity index (χ0) is 14.5. The highest BCUT2D eigenvalue weighted by Gasteiger charge is 2.22. The van der Waals surface area contributed by atoms with E-state index in [0.29, 0.717) is 22.9 Å². The first-order chi connectivity index (χ1) is 8.86. The van der Waals surface area contributed by atoms with Gasteiger partial charge in [-0.15, -0.1) is 6.58 Å². The number of hydrogen-bond acceptors (Lipinski definition) is 1. The Hall–Kier alpha value is -0.860. The number of benzene rings is 1. The van der Waals surface area contributed by atoms with Gasteiger partial charge in [0, 0.05) is 17.0 Å². The van der Waals surface area contributed by atoms with Gasteiger partial charge in [-0.2, -0.15) is 0 Å². The molecule has 0 bridgehead atoms. The quantitative estimate of drug-likeness (QED) is 0.729. The van der Waals surface area contributed by atoms with E-state index in [4.69, 9.17) is 11.6 Å². The highest BCUT2D eigenvalue weighted by atomic mass is 35.5. The van der Waals surface area contributed by atoms with Crippen LogP contribution in [0.2, 0.25) is 5.02 Å². The van der Waals surface area contributed by atoms with Crippen molar-refractivity contribution in [1.82, 2.24) is 5.32 Å². The molecule has 0 radical (unpaired) electrons. The fourth-order valence-corrected chi connectivity index (χ4v) is 2.11. The van der Waals surface area contributed by atoms with Gasteiger partial charge in [-0.05, 0) is 36.6 Å². The van der Waals surface area contributed by atoms with E-state index in [1.807, 2.05) is 6.08 Å². The summed E-state index contributed by atoms with van der Waals surface area (Å²) in [5.74, 6) is 0.353. The van der Waals surface area contributed by atoms with Crippen molar-refractivity contribution in [3.8, 4) is 0 Å². The molecule has 1 unspecified atom stereocenters. The van der Waals surface area contributed by atoms with Crippen molar-refractivity contribution in [2.75, 3.05) is 13.1 Å². The van der Waals surface area contributed by atoms with E-state index in [0.717, 1.165) is 13.1 Å². The lowest BCUT2D eigenvalue weighted by molar-refractivity contribution is 0.372. The predicted octanol–water partition coefficient (Wildman–Crippen LogP) is 4.46. The van der Waals surface area contributed by atoms with Crippen LogP contribution in [0.5, 0.6) is 0 Å². The minimum atomic E-state index is -0.246. The van der Waals surface area contributed by atoms with Gasteiger partial charge in [-0.25, -0.2) is 4.39 Å². The van der Waals surface area contributed by atoms with Crippen LogP contribution in [0.25, 0.3) is 0 Å². The molecule has 0 amide bonds. The Morgan fingerprint density at radius 3 is 2.68 bits per heavy atom. The molecule has 1 atom stereocenters. The fraction of sp³-hybridized carbons (Fsp3) is 0.500. The van der Waals surface area contributed by atoms with Gasteiger partial charge in [0.05, 0.1) is 0 Å². The minimum absolute atomic E-state index is 0.163. The van der Waals surface area contributed by atoms with Crippen LogP contribution in [0.3, 0.4) is 0 Å². The molecular weight excluding hydrogens is 261 g/mol. The van der Waals surface area contributed by atoms with Gasteiger partial charge in [0.15, 0.2) is 0 Å². The van der Waals surface area contributed by atoms with E-state index < -0.39 is 0 Å². The third-order valence-corrected chi connectivity index (χ3v) is 3.42. The van der Waals surface area contributed by atoms with Crippen LogP contribution >= 0.6 is 11.6 Å². The maximum Gasteiger partial charge on any atom is 0.127 e. The summed E-state index contributed by atoms with van der Waals surface area (Å²) < 4.78 is 13.8. The Bertz CT molecular complexity index is 431. The molecule has 19 heavy (non-hydrogen) atoms. The molecule has 0 aliphatic heterocycles. The third-order valence-electron chi connectivity index (χ3n) is 3.18. The number of nitrogens with one attached hydrogen (secondary N) is 1. The highest BCUT2D eigenvalue weighted by Crippen LogP contribution is 2.26. The van der Waals surface area contributed by atoms with Crippen LogP contribution in [0, 0.1) is 17.2 Å². The number of hydrogen-bond donors (Lipinski definition) is 1. The Labute approximate surface area is 120 Å². The SMILES string of the molecule is C=CC(C)(CNCC(C)C)Cc1ccc(Cl)cc1F. The van der Waals surface area contributed by atoms with Gasteiger partial charge < -0.3 is 5.32 Å². The van der Waals surface area contributed by atoms with Gasteiger partial charge >= 0.3 is 0 Å². The van der Waals surface area contributed by atoms with Gasteiger partial charge in [0.2, 0.25) is 0 Å². The molecule has 0 saturated carbocycles. The zero-order valence-corrected chi connectivity index (χ0v) is 12.7. The normalized spacial score (nSPS) is 14.4. The molecule has 0 aliphatic rings. The molecule has 0 spiro atoms. The van der Waals surface area contributed by atoms with Gasteiger partial charge in [0.25, 0.3) is 0 Å². The Morgan fingerprint density at radius 1 is 1.47 bits per heavy atom. The summed E-state index contributed by atoms with van der Waals surface area (Å²) in [5, 5.41) is 3.84. The molecule has 1 N–H and O–H groups in total. The van der Waals surface area contributed by atoms with Crippen molar-refractivity contribution >= 4 is 11.6 Å². The lowest BCUT2D eigenvalue weighted by atomic mass is 9.83. The van der Waals surface area contributed by atoms with E-state index >= 15 is 0 Å². The summed E-state index contributed by atoms with van der Waals surface area (Å²) in [6.07, 6.45) is 2.51. The first-order valence-electron chi connectivity index (χ1n) is 6.64. The van der Waals surface area contributed by atoms with Crippen LogP contribution < -0.4 is 5.32 Å². The summed E-state index contributed by atoms with van der Waals surface area (Å²) >= 11 is 5.77. The fourth-order valence-electron chi connectivity index (χ4n) is 1.95. The lowest BCUT2D eigenvalue weighted by Crippen LogP contribution is -2.34. The average Bonchev–Trinajstić information content (AvgIpc) is 2.32. The van der Waals surface area contributed by atoms with Crippen molar-refractivity contribution in [2.45, 2.75) is 27.2 Å². The predicted molar refractivity (Wildman–Crippen MR) is 81.1 cm³/mol. The second-order valence-corrected chi connectivity index (χ2v) is 6.23. The third kappa shape index (κ3) is 5.33. The van der Waals surface area contributed by atoms with Crippen LogP contribution in [0.4, 0.5) is 4.39 Å². The molecule has 106 valence electrons. The Balaban J connectivity index is 2.71. The van der Waals surface area contributed by atoms with E-state index in [9.17, 15) is 4.39 Å². The van der Waals surface area contributed by atoms with Crippen molar-refractivity contribution in [2.24, 2.45) is 11.3 Å². The van der Waals surface area contributed by atoms with Crippen LogP contribution in [0.1, 0.15) is 26.3 Å². The molecule has 0 aromatic heterocycles. The van der Waals surface area contributed by atoms with Gasteiger partial charge in [0.1, 0.15) is 5.82 Å². The summed E-state index contributed by atoms with van der Waals surface area (Å²) in [7, 11) is 0. The summed E-state index contributed by atoms with van der Waals surface area (Å²) in [4.78, 5) is 0. The second kappa shape index (κ2) is 7.06. The molecule has 0 aliphatic carbocycles. The molecule has 0 fully saturated rings. The zero-order valence-electron chi connectivity index (χ0n) is 12.0. The molecule has 1 aromatic carbocycles. The lowest BCUT2D eigenvalue weighted by Gasteiger charge is -2.27. The van der Waals surface area contributed by atoms with Gasteiger partial charge in [-0.3, -0.25) is 0 Å². The smallest absolute Gasteiger partial charge is 0.127 e. The first-order valence-corrected chi connectivity index (χ1v) is 7.02. The molecular formula is C16H23ClFN. The van der Waals surface area contributed by atoms with Crippen molar-refractivity contribution < 1.29 is 4.39 Å². The molecule has 1 rings (SSSR count). The van der Waals surface area contributed by atoms with Crippen LogP contribution in [0.15, 0.2) is 30.9 Å².